The number of nitrogens with zero attached hydrogens (tertiary/aromatic N) is 2. The highest BCUT2D eigenvalue weighted by molar-refractivity contribution is 14.1. The van der Waals surface area contributed by atoms with Gasteiger partial charge in [0.2, 0.25) is 0 Å². The van der Waals surface area contributed by atoms with Crippen LogP contribution in [0.15, 0.2) is 39.8 Å². The molecule has 0 aliphatic rings. The highest BCUT2D eigenvalue weighted by Gasteiger charge is 2.04. The van der Waals surface area contributed by atoms with E-state index in [4.69, 9.17) is 0 Å². The molecular formula is C13H13BrIN3S. The second kappa shape index (κ2) is 7.44. The fourth-order valence-electron chi connectivity index (χ4n) is 1.44. The average Bonchev–Trinajstić information content (AvgIpc) is 2.42. The number of aromatic nitrogens is 2. The summed E-state index contributed by atoms with van der Waals surface area (Å²) < 4.78 is 2.15. The molecule has 2 aromatic rings. The standard InChI is InChI=1S/C13H13BrIN3S/c1-2-16-13-11(15)7-17-12(18-13)8-19-10-5-3-9(14)4-6-10/h3-7H,2,8H2,1H3,(H,16,17,18). The van der Waals surface area contributed by atoms with Crippen LogP contribution in [-0.4, -0.2) is 16.5 Å². The van der Waals surface area contributed by atoms with Crippen molar-refractivity contribution >= 4 is 56.1 Å². The second-order valence-electron chi connectivity index (χ2n) is 3.76. The molecule has 0 aliphatic carbocycles. The maximum Gasteiger partial charge on any atom is 0.143 e. The Morgan fingerprint density at radius 1 is 1.32 bits per heavy atom. The van der Waals surface area contributed by atoms with Crippen molar-refractivity contribution in [2.24, 2.45) is 0 Å². The van der Waals surface area contributed by atoms with Gasteiger partial charge in [-0.1, -0.05) is 15.9 Å². The minimum absolute atomic E-state index is 0.775. The molecule has 0 bridgehead atoms. The molecule has 1 aromatic carbocycles. The van der Waals surface area contributed by atoms with Crippen molar-refractivity contribution in [1.29, 1.82) is 0 Å². The average molecular weight is 450 g/mol. The highest BCUT2D eigenvalue weighted by atomic mass is 127. The lowest BCUT2D eigenvalue weighted by Gasteiger charge is -2.07. The lowest BCUT2D eigenvalue weighted by Crippen LogP contribution is -2.05. The summed E-state index contributed by atoms with van der Waals surface area (Å²) in [6.45, 7) is 2.93. The van der Waals surface area contributed by atoms with Crippen molar-refractivity contribution in [3.05, 3.63) is 44.3 Å². The third-order valence-electron chi connectivity index (χ3n) is 2.32. The van der Waals surface area contributed by atoms with Crippen LogP contribution in [0.1, 0.15) is 12.7 Å². The molecule has 0 saturated heterocycles. The summed E-state index contributed by atoms with van der Waals surface area (Å²) in [7, 11) is 0. The van der Waals surface area contributed by atoms with Crippen LogP contribution in [0.25, 0.3) is 0 Å². The van der Waals surface area contributed by atoms with Crippen LogP contribution in [0.3, 0.4) is 0 Å². The lowest BCUT2D eigenvalue weighted by atomic mass is 10.4. The molecule has 0 atom stereocenters. The van der Waals surface area contributed by atoms with Gasteiger partial charge in [0.25, 0.3) is 0 Å². The SMILES string of the molecule is CCNc1nc(CSc2ccc(Br)cc2)ncc1I. The number of nitrogens with one attached hydrogen (secondary N) is 1. The Morgan fingerprint density at radius 3 is 2.74 bits per heavy atom. The molecule has 0 spiro atoms. The summed E-state index contributed by atoms with van der Waals surface area (Å²) in [5.41, 5.74) is 0. The van der Waals surface area contributed by atoms with Crippen LogP contribution in [-0.2, 0) is 5.75 Å². The van der Waals surface area contributed by atoms with Gasteiger partial charge in [-0.05, 0) is 53.8 Å². The van der Waals surface area contributed by atoms with Crippen LogP contribution in [0.4, 0.5) is 5.82 Å². The van der Waals surface area contributed by atoms with E-state index in [1.165, 1.54) is 4.90 Å². The van der Waals surface area contributed by atoms with Gasteiger partial charge in [0.05, 0.1) is 9.32 Å². The molecule has 0 fully saturated rings. The zero-order valence-electron chi connectivity index (χ0n) is 10.4. The first-order chi connectivity index (χ1) is 9.19. The third-order valence-corrected chi connectivity index (χ3v) is 4.65. The van der Waals surface area contributed by atoms with E-state index in [2.05, 4.69) is 72.9 Å². The summed E-state index contributed by atoms with van der Waals surface area (Å²) in [5, 5.41) is 3.25. The summed E-state index contributed by atoms with van der Waals surface area (Å²) >= 11 is 7.42. The summed E-state index contributed by atoms with van der Waals surface area (Å²) in [4.78, 5) is 10.1. The van der Waals surface area contributed by atoms with Crippen molar-refractivity contribution in [2.45, 2.75) is 17.6 Å². The minimum Gasteiger partial charge on any atom is -0.369 e. The molecule has 0 amide bonds. The van der Waals surface area contributed by atoms with E-state index in [0.717, 1.165) is 32.0 Å². The van der Waals surface area contributed by atoms with Crippen molar-refractivity contribution in [3.63, 3.8) is 0 Å². The Bertz CT molecular complexity index is 548. The molecule has 0 aliphatic heterocycles. The first-order valence-corrected chi connectivity index (χ1v) is 8.68. The minimum atomic E-state index is 0.775. The van der Waals surface area contributed by atoms with Gasteiger partial charge in [-0.15, -0.1) is 11.8 Å². The largest absolute Gasteiger partial charge is 0.369 e. The lowest BCUT2D eigenvalue weighted by molar-refractivity contribution is 1.01. The Morgan fingerprint density at radius 2 is 2.05 bits per heavy atom. The van der Waals surface area contributed by atoms with Gasteiger partial charge in [-0.2, -0.15) is 0 Å². The number of benzene rings is 1. The molecule has 19 heavy (non-hydrogen) atoms. The third kappa shape index (κ3) is 4.61. The van der Waals surface area contributed by atoms with Gasteiger partial charge < -0.3 is 5.32 Å². The molecule has 0 saturated carbocycles. The number of hydrogen-bond donors (Lipinski definition) is 1. The Balaban J connectivity index is 2.03. The molecule has 3 nitrogen and oxygen atoms in total. The summed E-state index contributed by atoms with van der Waals surface area (Å²) in [5.74, 6) is 2.55. The molecule has 100 valence electrons. The molecule has 6 heteroatoms. The van der Waals surface area contributed by atoms with Gasteiger partial charge in [0, 0.05) is 22.1 Å². The molecule has 1 heterocycles. The quantitative estimate of drug-likeness (QED) is 0.536. The maximum absolute atomic E-state index is 4.53. The number of halogens is 2. The molecular weight excluding hydrogens is 437 g/mol. The van der Waals surface area contributed by atoms with Crippen LogP contribution in [0.2, 0.25) is 0 Å². The van der Waals surface area contributed by atoms with E-state index in [9.17, 15) is 0 Å². The van der Waals surface area contributed by atoms with Crippen LogP contribution in [0.5, 0.6) is 0 Å². The van der Waals surface area contributed by atoms with E-state index in [1.807, 2.05) is 18.3 Å². The van der Waals surface area contributed by atoms with Crippen LogP contribution < -0.4 is 5.32 Å². The van der Waals surface area contributed by atoms with Gasteiger partial charge in [0.1, 0.15) is 11.6 Å². The predicted molar refractivity (Wildman–Crippen MR) is 92.6 cm³/mol. The van der Waals surface area contributed by atoms with Crippen molar-refractivity contribution in [3.8, 4) is 0 Å². The van der Waals surface area contributed by atoms with Gasteiger partial charge in [-0.25, -0.2) is 9.97 Å². The Kier molecular flexibility index (Phi) is 5.90. The Labute approximate surface area is 139 Å². The fraction of sp³-hybridized carbons (Fsp3) is 0.231. The van der Waals surface area contributed by atoms with Crippen molar-refractivity contribution in [2.75, 3.05) is 11.9 Å². The number of rotatable bonds is 5. The smallest absolute Gasteiger partial charge is 0.143 e. The number of hydrogen-bond acceptors (Lipinski definition) is 4. The number of anilines is 1. The maximum atomic E-state index is 4.53. The van der Waals surface area contributed by atoms with Gasteiger partial charge >= 0.3 is 0 Å². The molecule has 1 N–H and O–H groups in total. The molecule has 1 aromatic heterocycles. The zero-order chi connectivity index (χ0) is 13.7. The normalized spacial score (nSPS) is 10.5. The number of thioether (sulfide) groups is 1. The fourth-order valence-corrected chi connectivity index (χ4v) is 2.92. The van der Waals surface area contributed by atoms with Crippen LogP contribution in [0, 0.1) is 3.57 Å². The topological polar surface area (TPSA) is 37.8 Å². The summed E-state index contributed by atoms with van der Waals surface area (Å²) in [6.07, 6.45) is 1.86. The highest BCUT2D eigenvalue weighted by Crippen LogP contribution is 2.24. The first kappa shape index (κ1) is 15.1. The van der Waals surface area contributed by atoms with Gasteiger partial charge in [0.15, 0.2) is 0 Å². The molecule has 0 unspecified atom stereocenters. The first-order valence-electron chi connectivity index (χ1n) is 5.82. The molecule has 2 rings (SSSR count). The van der Waals surface area contributed by atoms with Gasteiger partial charge in [-0.3, -0.25) is 0 Å². The van der Waals surface area contributed by atoms with E-state index >= 15 is 0 Å². The van der Waals surface area contributed by atoms with E-state index in [1.54, 1.807) is 11.8 Å². The second-order valence-corrected chi connectivity index (χ2v) is 6.88. The van der Waals surface area contributed by atoms with Crippen molar-refractivity contribution in [1.82, 2.24) is 9.97 Å². The predicted octanol–water partition coefficient (Wildman–Crippen LogP) is 4.57. The van der Waals surface area contributed by atoms with E-state index in [0.29, 0.717) is 0 Å². The Hall–Kier alpha value is -0.340. The van der Waals surface area contributed by atoms with Crippen molar-refractivity contribution < 1.29 is 0 Å². The van der Waals surface area contributed by atoms with E-state index in [-0.39, 0.29) is 0 Å². The monoisotopic (exact) mass is 449 g/mol. The van der Waals surface area contributed by atoms with E-state index < -0.39 is 0 Å². The zero-order valence-corrected chi connectivity index (χ0v) is 14.9. The summed E-state index contributed by atoms with van der Waals surface area (Å²) in [6, 6.07) is 8.27. The molecule has 0 radical (unpaired) electrons. The van der Waals surface area contributed by atoms with Crippen LogP contribution >= 0.6 is 50.3 Å².